The second-order valence-electron chi connectivity index (χ2n) is 6.65. The lowest BCUT2D eigenvalue weighted by Gasteiger charge is -2.24. The third-order valence-electron chi connectivity index (χ3n) is 4.35. The van der Waals surface area contributed by atoms with E-state index in [-0.39, 0.29) is 0 Å². The lowest BCUT2D eigenvalue weighted by atomic mass is 10.0. The molecule has 4 atom stereocenters. The topological polar surface area (TPSA) is 130 Å². The van der Waals surface area contributed by atoms with Crippen LogP contribution in [-0.2, 0) is 4.79 Å². The summed E-state index contributed by atoms with van der Waals surface area (Å²) in [6, 6.07) is 0. The van der Waals surface area contributed by atoms with Gasteiger partial charge in [-0.2, -0.15) is 0 Å². The second-order valence-corrected chi connectivity index (χ2v) is 6.65. The van der Waals surface area contributed by atoms with Crippen LogP contribution in [0.1, 0.15) is 71.1 Å². The van der Waals surface area contributed by atoms with Crippen LogP contribution < -0.4 is 5.32 Å². The first kappa shape index (κ1) is 24.3. The van der Waals surface area contributed by atoms with Gasteiger partial charge >= 0.3 is 0 Å². The molecule has 25 heavy (non-hydrogen) atoms. The number of hydrogen-bond donors (Lipinski definition) is 6. The Labute approximate surface area is 151 Å². The molecule has 0 fully saturated rings. The van der Waals surface area contributed by atoms with Crippen LogP contribution in [0.15, 0.2) is 0 Å². The number of carbonyl (C=O) groups excluding carboxylic acids is 1. The molecular weight excluding hydrogens is 326 g/mol. The van der Waals surface area contributed by atoms with Gasteiger partial charge in [0.25, 0.3) is 5.91 Å². The van der Waals surface area contributed by atoms with Crippen LogP contribution in [-0.4, -0.2) is 69.0 Å². The molecule has 0 aromatic carbocycles. The molecule has 0 saturated heterocycles. The van der Waals surface area contributed by atoms with E-state index in [9.17, 15) is 25.2 Å². The standard InChI is InChI=1S/C18H37NO6/c1-2-3-4-5-6-7-8-9-10-11-12-19-18(25)17(24)16(23)15(22)14(21)13-20/h14-17,20-24H,2-13H2,1H3,(H,19,25)/t14-,15-,16+,17-/m1/s1. The van der Waals surface area contributed by atoms with E-state index in [4.69, 9.17) is 5.11 Å². The minimum absolute atomic E-state index is 0.387. The average Bonchev–Trinajstić information content (AvgIpc) is 2.63. The average molecular weight is 363 g/mol. The fraction of sp³-hybridized carbons (Fsp3) is 0.944. The Kier molecular flexibility index (Phi) is 15.1. The number of hydrogen-bond acceptors (Lipinski definition) is 6. The molecular formula is C18H37NO6. The van der Waals surface area contributed by atoms with Gasteiger partial charge in [0.2, 0.25) is 0 Å². The highest BCUT2D eigenvalue weighted by Crippen LogP contribution is 2.10. The molecule has 0 saturated carbocycles. The molecule has 7 nitrogen and oxygen atoms in total. The largest absolute Gasteiger partial charge is 0.394 e. The van der Waals surface area contributed by atoms with Crippen LogP contribution in [0.25, 0.3) is 0 Å². The predicted octanol–water partition coefficient (Wildman–Crippen LogP) is 0.459. The molecule has 150 valence electrons. The summed E-state index contributed by atoms with van der Waals surface area (Å²) in [6.45, 7) is 1.82. The van der Waals surface area contributed by atoms with Gasteiger partial charge < -0.3 is 30.8 Å². The minimum Gasteiger partial charge on any atom is -0.394 e. The predicted molar refractivity (Wildman–Crippen MR) is 96.0 cm³/mol. The van der Waals surface area contributed by atoms with Crippen molar-refractivity contribution in [2.75, 3.05) is 13.2 Å². The van der Waals surface area contributed by atoms with Gasteiger partial charge in [0, 0.05) is 6.54 Å². The molecule has 0 rings (SSSR count). The van der Waals surface area contributed by atoms with E-state index in [1.54, 1.807) is 0 Å². The van der Waals surface area contributed by atoms with Gasteiger partial charge in [-0.25, -0.2) is 0 Å². The van der Waals surface area contributed by atoms with E-state index in [0.717, 1.165) is 19.3 Å². The number of rotatable bonds is 16. The molecule has 0 aromatic heterocycles. The summed E-state index contributed by atoms with van der Waals surface area (Å²) in [5.74, 6) is -0.799. The Hall–Kier alpha value is -0.730. The molecule has 1 amide bonds. The number of aliphatic hydroxyl groups is 5. The van der Waals surface area contributed by atoms with Gasteiger partial charge in [0.1, 0.15) is 18.3 Å². The maximum absolute atomic E-state index is 11.7. The number of aliphatic hydroxyl groups excluding tert-OH is 5. The van der Waals surface area contributed by atoms with E-state index in [1.165, 1.54) is 44.9 Å². The Morgan fingerprint density at radius 3 is 1.76 bits per heavy atom. The molecule has 0 aliphatic carbocycles. The SMILES string of the molecule is CCCCCCCCCCCCNC(=O)[C@H](O)[C@@H](O)[C@H](O)[C@H](O)CO. The van der Waals surface area contributed by atoms with E-state index in [1.807, 2.05) is 0 Å². The van der Waals surface area contributed by atoms with Crippen molar-refractivity contribution in [3.05, 3.63) is 0 Å². The molecule has 0 aliphatic rings. The third-order valence-corrected chi connectivity index (χ3v) is 4.35. The van der Waals surface area contributed by atoms with Crippen LogP contribution in [0, 0.1) is 0 Å². The first-order chi connectivity index (χ1) is 12.0. The molecule has 7 heteroatoms. The molecule has 0 heterocycles. The van der Waals surface area contributed by atoms with Gasteiger partial charge in [-0.05, 0) is 6.42 Å². The van der Waals surface area contributed by atoms with Crippen molar-refractivity contribution in [1.29, 1.82) is 0 Å². The zero-order valence-electron chi connectivity index (χ0n) is 15.4. The van der Waals surface area contributed by atoms with Crippen LogP contribution in [0.2, 0.25) is 0 Å². The summed E-state index contributed by atoms with van der Waals surface area (Å²) in [5.41, 5.74) is 0. The highest BCUT2D eigenvalue weighted by molar-refractivity contribution is 5.81. The van der Waals surface area contributed by atoms with Crippen molar-refractivity contribution < 1.29 is 30.3 Å². The summed E-state index contributed by atoms with van der Waals surface area (Å²) in [4.78, 5) is 11.7. The Bertz CT molecular complexity index is 329. The van der Waals surface area contributed by atoms with E-state index in [2.05, 4.69) is 12.2 Å². The van der Waals surface area contributed by atoms with Crippen molar-refractivity contribution >= 4 is 5.91 Å². The van der Waals surface area contributed by atoms with Crippen molar-refractivity contribution in [3.8, 4) is 0 Å². The van der Waals surface area contributed by atoms with Crippen LogP contribution in [0.5, 0.6) is 0 Å². The number of nitrogens with one attached hydrogen (secondary N) is 1. The van der Waals surface area contributed by atoms with Crippen LogP contribution >= 0.6 is 0 Å². The summed E-state index contributed by atoms with van der Waals surface area (Å²) in [6.07, 6.45) is 4.69. The number of carbonyl (C=O) groups is 1. The fourth-order valence-electron chi connectivity index (χ4n) is 2.61. The second kappa shape index (κ2) is 15.5. The van der Waals surface area contributed by atoms with Crippen LogP contribution in [0.4, 0.5) is 0 Å². The van der Waals surface area contributed by atoms with Crippen LogP contribution in [0.3, 0.4) is 0 Å². The molecule has 0 bridgehead atoms. The molecule has 0 aromatic rings. The van der Waals surface area contributed by atoms with Crippen molar-refractivity contribution in [2.45, 2.75) is 95.5 Å². The van der Waals surface area contributed by atoms with Gasteiger partial charge in [0.15, 0.2) is 6.10 Å². The Morgan fingerprint density at radius 1 is 0.800 bits per heavy atom. The van der Waals surface area contributed by atoms with Gasteiger partial charge in [-0.15, -0.1) is 0 Å². The van der Waals surface area contributed by atoms with Gasteiger partial charge in [-0.1, -0.05) is 64.7 Å². The highest BCUT2D eigenvalue weighted by Gasteiger charge is 2.33. The minimum atomic E-state index is -1.85. The zero-order chi connectivity index (χ0) is 19.1. The molecule has 0 radical (unpaired) electrons. The first-order valence-electron chi connectivity index (χ1n) is 9.56. The molecule has 0 unspecified atom stereocenters. The first-order valence-corrected chi connectivity index (χ1v) is 9.56. The number of unbranched alkanes of at least 4 members (excludes halogenated alkanes) is 9. The number of amides is 1. The smallest absolute Gasteiger partial charge is 0.251 e. The van der Waals surface area contributed by atoms with E-state index >= 15 is 0 Å². The van der Waals surface area contributed by atoms with E-state index in [0.29, 0.717) is 6.54 Å². The van der Waals surface area contributed by atoms with E-state index < -0.39 is 36.9 Å². The maximum Gasteiger partial charge on any atom is 0.251 e. The summed E-state index contributed by atoms with van der Waals surface area (Å²) < 4.78 is 0. The van der Waals surface area contributed by atoms with Gasteiger partial charge in [0.05, 0.1) is 6.61 Å². The monoisotopic (exact) mass is 363 g/mol. The maximum atomic E-state index is 11.7. The Balaban J connectivity index is 3.66. The van der Waals surface area contributed by atoms with Crippen molar-refractivity contribution in [3.63, 3.8) is 0 Å². The van der Waals surface area contributed by atoms with Gasteiger partial charge in [-0.3, -0.25) is 4.79 Å². The third kappa shape index (κ3) is 11.5. The normalized spacial score (nSPS) is 16.2. The lowest BCUT2D eigenvalue weighted by molar-refractivity contribution is -0.148. The quantitative estimate of drug-likeness (QED) is 0.221. The fourth-order valence-corrected chi connectivity index (χ4v) is 2.61. The van der Waals surface area contributed by atoms with Crippen molar-refractivity contribution in [2.24, 2.45) is 0 Å². The molecule has 6 N–H and O–H groups in total. The molecule has 0 spiro atoms. The Morgan fingerprint density at radius 2 is 1.28 bits per heavy atom. The highest BCUT2D eigenvalue weighted by atomic mass is 16.4. The summed E-state index contributed by atoms with van der Waals surface area (Å²) >= 11 is 0. The molecule has 0 aliphatic heterocycles. The summed E-state index contributed by atoms with van der Waals surface area (Å²) in [5, 5.41) is 49.1. The summed E-state index contributed by atoms with van der Waals surface area (Å²) in [7, 11) is 0. The van der Waals surface area contributed by atoms with Crippen molar-refractivity contribution in [1.82, 2.24) is 5.32 Å². The zero-order valence-corrected chi connectivity index (χ0v) is 15.4. The lowest BCUT2D eigenvalue weighted by Crippen LogP contribution is -2.51.